The van der Waals surface area contributed by atoms with E-state index in [4.69, 9.17) is 0 Å². The molecular weight excluding hydrogens is 260 g/mol. The zero-order valence-electron chi connectivity index (χ0n) is 11.7. The predicted molar refractivity (Wildman–Crippen MR) is 76.5 cm³/mol. The van der Waals surface area contributed by atoms with Crippen LogP contribution in [0.5, 0.6) is 0 Å². The molecule has 106 valence electrons. The van der Waals surface area contributed by atoms with E-state index in [2.05, 4.69) is 11.1 Å². The van der Waals surface area contributed by atoms with Gasteiger partial charge in [0.2, 0.25) is 10.0 Å². The first-order valence-corrected chi connectivity index (χ1v) is 8.55. The molecule has 4 nitrogen and oxygen atoms in total. The van der Waals surface area contributed by atoms with Crippen LogP contribution < -0.4 is 0 Å². The molecule has 0 N–H and O–H groups in total. The van der Waals surface area contributed by atoms with Crippen molar-refractivity contribution in [3.05, 3.63) is 29.6 Å². The van der Waals surface area contributed by atoms with Crippen LogP contribution in [0.4, 0.5) is 0 Å². The van der Waals surface area contributed by atoms with Crippen LogP contribution in [-0.2, 0) is 16.4 Å². The molecule has 1 atom stereocenters. The first kappa shape index (κ1) is 14.5. The van der Waals surface area contributed by atoms with Gasteiger partial charge in [-0.25, -0.2) is 8.42 Å². The van der Waals surface area contributed by atoms with E-state index in [0.717, 1.165) is 31.4 Å². The monoisotopic (exact) mass is 282 g/mol. The summed E-state index contributed by atoms with van der Waals surface area (Å²) in [6, 6.07) is 4.27. The van der Waals surface area contributed by atoms with Gasteiger partial charge in [-0.05, 0) is 57.2 Å². The Morgan fingerprint density at radius 1 is 1.47 bits per heavy atom. The van der Waals surface area contributed by atoms with Crippen molar-refractivity contribution in [2.24, 2.45) is 0 Å². The summed E-state index contributed by atoms with van der Waals surface area (Å²) in [5.74, 6) is 0.206. The van der Waals surface area contributed by atoms with Crippen molar-refractivity contribution in [2.75, 3.05) is 12.3 Å². The van der Waals surface area contributed by atoms with Gasteiger partial charge in [-0.15, -0.1) is 0 Å². The highest BCUT2D eigenvalue weighted by molar-refractivity contribution is 7.89. The van der Waals surface area contributed by atoms with Gasteiger partial charge in [-0.1, -0.05) is 0 Å². The lowest BCUT2D eigenvalue weighted by Gasteiger charge is -2.23. The highest BCUT2D eigenvalue weighted by Crippen LogP contribution is 2.25. The molecule has 19 heavy (non-hydrogen) atoms. The second-order valence-corrected chi connectivity index (χ2v) is 7.36. The van der Waals surface area contributed by atoms with Gasteiger partial charge in [-0.3, -0.25) is 4.98 Å². The number of hydrogen-bond donors (Lipinski definition) is 0. The van der Waals surface area contributed by atoms with Crippen molar-refractivity contribution in [3.63, 3.8) is 0 Å². The van der Waals surface area contributed by atoms with Gasteiger partial charge in [0.15, 0.2) is 0 Å². The van der Waals surface area contributed by atoms with Gasteiger partial charge in [0, 0.05) is 24.5 Å². The number of nitrogens with zero attached hydrogens (tertiary/aromatic N) is 2. The van der Waals surface area contributed by atoms with Crippen molar-refractivity contribution < 1.29 is 8.42 Å². The van der Waals surface area contributed by atoms with Gasteiger partial charge in [-0.2, -0.15) is 4.31 Å². The smallest absolute Gasteiger partial charge is 0.214 e. The fraction of sp³-hybridized carbons (Fsp3) is 0.643. The second kappa shape index (κ2) is 6.01. The molecule has 1 aliphatic heterocycles. The molecule has 0 aromatic carbocycles. The van der Waals surface area contributed by atoms with Gasteiger partial charge in [0.05, 0.1) is 5.75 Å². The first-order valence-electron chi connectivity index (χ1n) is 6.94. The van der Waals surface area contributed by atoms with Crippen LogP contribution in [-0.4, -0.2) is 36.0 Å². The van der Waals surface area contributed by atoms with E-state index in [1.807, 2.05) is 19.2 Å². The number of pyridine rings is 1. The van der Waals surface area contributed by atoms with E-state index in [-0.39, 0.29) is 11.8 Å². The maximum absolute atomic E-state index is 12.0. The maximum atomic E-state index is 12.0. The number of aromatic nitrogens is 1. The lowest BCUT2D eigenvalue weighted by molar-refractivity contribution is 0.371. The van der Waals surface area contributed by atoms with E-state index in [0.29, 0.717) is 6.54 Å². The van der Waals surface area contributed by atoms with Gasteiger partial charge >= 0.3 is 0 Å². The summed E-state index contributed by atoms with van der Waals surface area (Å²) in [5, 5.41) is 0. The number of rotatable bonds is 5. The third-order valence-electron chi connectivity index (χ3n) is 3.77. The summed E-state index contributed by atoms with van der Waals surface area (Å²) in [6.07, 6.45) is 5.62. The van der Waals surface area contributed by atoms with E-state index in [9.17, 15) is 8.42 Å². The molecule has 1 saturated heterocycles. The van der Waals surface area contributed by atoms with Crippen LogP contribution in [0.1, 0.15) is 37.4 Å². The minimum Gasteiger partial charge on any atom is -0.262 e. The highest BCUT2D eigenvalue weighted by atomic mass is 32.2. The van der Waals surface area contributed by atoms with Crippen LogP contribution in [0.2, 0.25) is 0 Å². The lowest BCUT2D eigenvalue weighted by Crippen LogP contribution is -2.36. The Hall–Kier alpha value is -0.940. The largest absolute Gasteiger partial charge is 0.262 e. The summed E-state index contributed by atoms with van der Waals surface area (Å²) < 4.78 is 25.7. The third-order valence-corrected chi connectivity index (χ3v) is 5.70. The molecule has 1 fully saturated rings. The molecule has 0 spiro atoms. The fourth-order valence-corrected chi connectivity index (χ4v) is 4.13. The predicted octanol–water partition coefficient (Wildman–Crippen LogP) is 2.14. The van der Waals surface area contributed by atoms with Gasteiger partial charge < -0.3 is 0 Å². The normalized spacial score (nSPS) is 20.8. The molecule has 2 heterocycles. The fourth-order valence-electron chi connectivity index (χ4n) is 2.72. The topological polar surface area (TPSA) is 50.3 Å². The molecule has 5 heteroatoms. The summed E-state index contributed by atoms with van der Waals surface area (Å²) in [7, 11) is -3.04. The van der Waals surface area contributed by atoms with Gasteiger partial charge in [0.1, 0.15) is 0 Å². The Kier molecular flexibility index (Phi) is 4.58. The van der Waals surface area contributed by atoms with Crippen molar-refractivity contribution in [2.45, 2.75) is 45.6 Å². The average Bonchev–Trinajstić information content (AvgIpc) is 2.85. The van der Waals surface area contributed by atoms with E-state index in [1.54, 1.807) is 11.2 Å². The van der Waals surface area contributed by atoms with Crippen LogP contribution in [0.25, 0.3) is 0 Å². The summed E-state index contributed by atoms with van der Waals surface area (Å²) in [5.41, 5.74) is 2.26. The van der Waals surface area contributed by atoms with Crippen LogP contribution in [0, 0.1) is 6.92 Å². The highest BCUT2D eigenvalue weighted by Gasteiger charge is 2.32. The number of sulfonamides is 1. The lowest BCUT2D eigenvalue weighted by atomic mass is 10.0. The molecule has 2 rings (SSSR count). The average molecular weight is 282 g/mol. The summed E-state index contributed by atoms with van der Waals surface area (Å²) in [6.45, 7) is 4.39. The molecular formula is C14H22N2O2S. The van der Waals surface area contributed by atoms with Crippen molar-refractivity contribution in [1.29, 1.82) is 0 Å². The summed E-state index contributed by atoms with van der Waals surface area (Å²) in [4.78, 5) is 4.18. The minimum atomic E-state index is -3.04. The molecule has 1 aliphatic rings. The van der Waals surface area contributed by atoms with E-state index < -0.39 is 10.0 Å². The van der Waals surface area contributed by atoms with E-state index in [1.165, 1.54) is 5.56 Å². The van der Waals surface area contributed by atoms with E-state index >= 15 is 0 Å². The molecule has 0 aliphatic carbocycles. The molecule has 1 aromatic heterocycles. The Labute approximate surface area is 115 Å². The zero-order valence-corrected chi connectivity index (χ0v) is 12.5. The molecule has 0 radical (unpaired) electrons. The molecule has 1 aromatic rings. The molecule has 0 saturated carbocycles. The SMILES string of the molecule is CCS(=O)(=O)N1CCC[C@@H]1CCc1ccnc(C)c1. The zero-order chi connectivity index (χ0) is 13.9. The van der Waals surface area contributed by atoms with Crippen molar-refractivity contribution in [1.82, 2.24) is 9.29 Å². The third kappa shape index (κ3) is 3.54. The van der Waals surface area contributed by atoms with Crippen LogP contribution in [0.15, 0.2) is 18.3 Å². The molecule has 0 unspecified atom stereocenters. The Bertz CT molecular complexity index is 528. The van der Waals surface area contributed by atoms with Crippen LogP contribution >= 0.6 is 0 Å². The Morgan fingerprint density at radius 2 is 2.26 bits per heavy atom. The molecule has 0 amide bonds. The molecule has 0 bridgehead atoms. The maximum Gasteiger partial charge on any atom is 0.214 e. The van der Waals surface area contributed by atoms with Crippen LogP contribution in [0.3, 0.4) is 0 Å². The number of aryl methyl sites for hydroxylation is 2. The second-order valence-electron chi connectivity index (χ2n) is 5.15. The summed E-state index contributed by atoms with van der Waals surface area (Å²) >= 11 is 0. The van der Waals surface area contributed by atoms with Crippen molar-refractivity contribution in [3.8, 4) is 0 Å². The number of hydrogen-bond acceptors (Lipinski definition) is 3. The first-order chi connectivity index (χ1) is 9.03. The quantitative estimate of drug-likeness (QED) is 0.831. The van der Waals surface area contributed by atoms with Crippen molar-refractivity contribution >= 4 is 10.0 Å². The minimum absolute atomic E-state index is 0.179. The Morgan fingerprint density at radius 3 is 2.95 bits per heavy atom. The standard InChI is InChI=1S/C14H22N2O2S/c1-3-19(17,18)16-10-4-5-14(16)7-6-13-8-9-15-12(2)11-13/h8-9,11,14H,3-7,10H2,1-2H3/t14-/m1/s1. The Balaban J connectivity index is 1.99. The van der Waals surface area contributed by atoms with Gasteiger partial charge in [0.25, 0.3) is 0 Å².